The Balaban J connectivity index is 1.96. The van der Waals surface area contributed by atoms with Crippen molar-refractivity contribution in [3.63, 3.8) is 0 Å². The molecule has 0 aliphatic heterocycles. The minimum Gasteiger partial charge on any atom is -0.508 e. The predicted molar refractivity (Wildman–Crippen MR) is 135 cm³/mol. The topological polar surface area (TPSA) is 116 Å². The van der Waals surface area contributed by atoms with E-state index in [1.165, 1.54) is 24.3 Å². The van der Waals surface area contributed by atoms with E-state index in [9.17, 15) is 24.6 Å². The van der Waals surface area contributed by atoms with Crippen molar-refractivity contribution in [2.24, 2.45) is 0 Å². The van der Waals surface area contributed by atoms with Crippen LogP contribution < -0.4 is 4.90 Å². The molecule has 1 aromatic carbocycles. The van der Waals surface area contributed by atoms with Gasteiger partial charge in [0.05, 0.1) is 11.6 Å². The summed E-state index contributed by atoms with van der Waals surface area (Å²) in [5, 5.41) is 21.4. The van der Waals surface area contributed by atoms with Crippen molar-refractivity contribution in [3.05, 3.63) is 58.9 Å². The summed E-state index contributed by atoms with van der Waals surface area (Å²) in [5.74, 6) is -4.66. The van der Waals surface area contributed by atoms with Crippen molar-refractivity contribution in [2.45, 2.75) is 26.7 Å². The lowest BCUT2D eigenvalue weighted by atomic mass is 9.92. The third-order valence-electron chi connectivity index (χ3n) is 6.31. The molecule has 192 valence electrons. The fraction of sp³-hybridized carbons (Fsp3) is 0.407. The standard InChI is InChI=1S/C27H32N2O7/c1-5-28(12-13-35-4)17-8-10-19(21(30)14-17)23-25(32)24(27(34)26(23)33)20-11-9-18(15-22(20)31)29(6-2)16-36-7-3/h8-11,14-15,24,31H,5-7,12-13,16H2,1-4H3/p+1/b23-19+. The van der Waals surface area contributed by atoms with Gasteiger partial charge >= 0.3 is 0 Å². The van der Waals surface area contributed by atoms with Gasteiger partial charge in [-0.05, 0) is 32.9 Å². The molecule has 0 aromatic heterocycles. The first-order valence-electron chi connectivity index (χ1n) is 12.0. The molecular formula is C27H33N2O7+. The van der Waals surface area contributed by atoms with Gasteiger partial charge in [0.2, 0.25) is 17.3 Å². The SMILES string of the molecule is CCOCN(CC)c1ccc(C2C(=O)C(=O)/C(=C3\C=CC(=[N+](CC)CCOC)C=C3O)C2=O)c(O)c1. The number of hydrogen-bond acceptors (Lipinski definition) is 8. The van der Waals surface area contributed by atoms with Crippen molar-refractivity contribution in [2.75, 3.05) is 51.6 Å². The molecule has 1 fully saturated rings. The second kappa shape index (κ2) is 11.9. The van der Waals surface area contributed by atoms with Crippen LogP contribution in [0.15, 0.2) is 53.3 Å². The number of benzene rings is 1. The summed E-state index contributed by atoms with van der Waals surface area (Å²) in [6.45, 7) is 8.98. The van der Waals surface area contributed by atoms with Crippen molar-refractivity contribution >= 4 is 28.7 Å². The van der Waals surface area contributed by atoms with Crippen LogP contribution in [0.1, 0.15) is 32.3 Å². The number of ether oxygens (including phenoxy) is 2. The molecule has 2 aliphatic rings. The van der Waals surface area contributed by atoms with Gasteiger partial charge in [-0.25, -0.2) is 4.58 Å². The molecule has 0 saturated heterocycles. The fourth-order valence-electron chi connectivity index (χ4n) is 4.29. The molecule has 1 aromatic rings. The van der Waals surface area contributed by atoms with Gasteiger partial charge in [-0.3, -0.25) is 14.4 Å². The highest BCUT2D eigenvalue weighted by Crippen LogP contribution is 2.38. The molecule has 1 unspecified atom stereocenters. The third-order valence-corrected chi connectivity index (χ3v) is 6.31. The fourth-order valence-corrected chi connectivity index (χ4v) is 4.29. The van der Waals surface area contributed by atoms with Gasteiger partial charge in [0.15, 0.2) is 12.3 Å². The number of aliphatic hydroxyl groups excluding tert-OH is 1. The lowest BCUT2D eigenvalue weighted by molar-refractivity contribution is -0.525. The molecule has 3 rings (SSSR count). The van der Waals surface area contributed by atoms with Crippen LogP contribution in [0.3, 0.4) is 0 Å². The Bertz CT molecular complexity index is 1180. The Morgan fingerprint density at radius 1 is 1.06 bits per heavy atom. The number of hydrogen-bond donors (Lipinski definition) is 2. The normalized spacial score (nSPS) is 21.3. The van der Waals surface area contributed by atoms with E-state index in [4.69, 9.17) is 9.47 Å². The number of nitrogens with zero attached hydrogens (tertiary/aromatic N) is 2. The van der Waals surface area contributed by atoms with Crippen molar-refractivity contribution < 1.29 is 38.6 Å². The summed E-state index contributed by atoms with van der Waals surface area (Å²) < 4.78 is 12.5. The van der Waals surface area contributed by atoms with Crippen LogP contribution >= 0.6 is 0 Å². The average Bonchev–Trinajstić information content (AvgIpc) is 3.08. The van der Waals surface area contributed by atoms with Gasteiger partial charge in [-0.1, -0.05) is 6.07 Å². The lowest BCUT2D eigenvalue weighted by Gasteiger charge is -2.23. The molecule has 1 saturated carbocycles. The summed E-state index contributed by atoms with van der Waals surface area (Å²) >= 11 is 0. The second-order valence-corrected chi connectivity index (χ2v) is 8.36. The van der Waals surface area contributed by atoms with E-state index in [0.717, 1.165) is 0 Å². The molecule has 2 N–H and O–H groups in total. The maximum absolute atomic E-state index is 13.3. The number of carbonyl (C=O) groups is 3. The van der Waals surface area contributed by atoms with Crippen LogP contribution in [-0.4, -0.2) is 84.5 Å². The van der Waals surface area contributed by atoms with Gasteiger partial charge in [0, 0.05) is 49.2 Å². The number of rotatable bonds is 10. The van der Waals surface area contributed by atoms with Crippen molar-refractivity contribution in [1.29, 1.82) is 0 Å². The first kappa shape index (κ1) is 27.0. The highest BCUT2D eigenvalue weighted by atomic mass is 16.5. The number of allylic oxidation sites excluding steroid dienone is 4. The minimum atomic E-state index is -1.46. The number of likely N-dealkylation sites (N-methyl/N-ethyl adjacent to an activating group) is 1. The van der Waals surface area contributed by atoms with Gasteiger partial charge in [0.1, 0.15) is 37.3 Å². The third kappa shape index (κ3) is 5.32. The van der Waals surface area contributed by atoms with Crippen LogP contribution in [0.5, 0.6) is 5.75 Å². The zero-order valence-corrected chi connectivity index (χ0v) is 21.1. The zero-order chi connectivity index (χ0) is 26.4. The second-order valence-electron chi connectivity index (χ2n) is 8.36. The minimum absolute atomic E-state index is 0.00243. The Morgan fingerprint density at radius 2 is 1.81 bits per heavy atom. The number of methoxy groups -OCH3 is 1. The van der Waals surface area contributed by atoms with Gasteiger partial charge in [-0.2, -0.15) is 0 Å². The summed E-state index contributed by atoms with van der Waals surface area (Å²) in [7, 11) is 1.60. The molecule has 36 heavy (non-hydrogen) atoms. The van der Waals surface area contributed by atoms with Crippen LogP contribution in [0.4, 0.5) is 5.69 Å². The molecular weight excluding hydrogens is 464 g/mol. The van der Waals surface area contributed by atoms with Crippen LogP contribution in [0, 0.1) is 0 Å². The molecule has 9 heteroatoms. The van der Waals surface area contributed by atoms with Crippen LogP contribution in [0.25, 0.3) is 0 Å². The molecule has 0 spiro atoms. The number of phenolic OH excluding ortho intramolecular Hbond substituents is 1. The zero-order valence-electron chi connectivity index (χ0n) is 21.1. The molecule has 1 atom stereocenters. The van der Waals surface area contributed by atoms with Crippen molar-refractivity contribution in [1.82, 2.24) is 0 Å². The largest absolute Gasteiger partial charge is 0.508 e. The van der Waals surface area contributed by atoms with Crippen molar-refractivity contribution in [3.8, 4) is 5.75 Å². The Labute approximate surface area is 210 Å². The average molecular weight is 498 g/mol. The highest BCUT2D eigenvalue weighted by Gasteiger charge is 2.48. The Hall–Kier alpha value is -3.56. The van der Waals surface area contributed by atoms with Crippen LogP contribution in [-0.2, 0) is 23.9 Å². The molecule has 2 aliphatic carbocycles. The number of carbonyl (C=O) groups excluding carboxylic acids is 3. The number of phenols is 1. The number of aliphatic hydroxyl groups is 1. The summed E-state index contributed by atoms with van der Waals surface area (Å²) in [6, 6.07) is 4.60. The van der Waals surface area contributed by atoms with Gasteiger partial charge < -0.3 is 24.6 Å². The number of aromatic hydroxyl groups is 1. The maximum atomic E-state index is 13.3. The summed E-state index contributed by atoms with van der Waals surface area (Å²) in [6.07, 6.45) is 4.62. The summed E-state index contributed by atoms with van der Waals surface area (Å²) in [4.78, 5) is 40.9. The molecule has 9 nitrogen and oxygen atoms in total. The monoisotopic (exact) mass is 497 g/mol. The Morgan fingerprint density at radius 3 is 2.39 bits per heavy atom. The van der Waals surface area contributed by atoms with E-state index in [0.29, 0.717) is 51.0 Å². The number of Topliss-reactive ketones (excluding diaryl/α,β-unsaturated/α-hetero) is 3. The van der Waals surface area contributed by atoms with E-state index in [1.54, 1.807) is 19.3 Å². The molecule has 0 amide bonds. The first-order chi connectivity index (χ1) is 17.3. The number of ketones is 3. The smallest absolute Gasteiger partial charge is 0.234 e. The first-order valence-corrected chi connectivity index (χ1v) is 12.0. The summed E-state index contributed by atoms with van der Waals surface area (Å²) in [5.41, 5.74) is 1.03. The van der Waals surface area contributed by atoms with Gasteiger partial charge in [0.25, 0.3) is 0 Å². The predicted octanol–water partition coefficient (Wildman–Crippen LogP) is 2.45. The highest BCUT2D eigenvalue weighted by molar-refractivity contribution is 6.61. The van der Waals surface area contributed by atoms with E-state index in [1.807, 2.05) is 30.2 Å². The van der Waals surface area contributed by atoms with Gasteiger partial charge in [-0.15, -0.1) is 0 Å². The Kier molecular flexibility index (Phi) is 8.95. The molecule has 0 radical (unpaired) electrons. The molecule has 0 bridgehead atoms. The molecule has 0 heterocycles. The van der Waals surface area contributed by atoms with E-state index >= 15 is 0 Å². The van der Waals surface area contributed by atoms with Crippen LogP contribution in [0.2, 0.25) is 0 Å². The maximum Gasteiger partial charge on any atom is 0.234 e. The van der Waals surface area contributed by atoms with E-state index < -0.39 is 23.3 Å². The number of anilines is 1. The lowest BCUT2D eigenvalue weighted by Crippen LogP contribution is -2.26. The van der Waals surface area contributed by atoms with E-state index in [2.05, 4.69) is 0 Å². The van der Waals surface area contributed by atoms with E-state index in [-0.39, 0.29) is 28.2 Å². The quantitative estimate of drug-likeness (QED) is 0.126.